The largest absolute Gasteiger partial charge is 0.462 e. The highest BCUT2D eigenvalue weighted by Gasteiger charge is 2.28. The highest BCUT2D eigenvalue weighted by atomic mass is 32.1. The third kappa shape index (κ3) is 3.42. The van der Waals surface area contributed by atoms with Gasteiger partial charge in [-0.3, -0.25) is 4.90 Å². The lowest BCUT2D eigenvalue weighted by molar-refractivity contribution is 0.0531. The van der Waals surface area contributed by atoms with E-state index in [9.17, 15) is 4.79 Å². The van der Waals surface area contributed by atoms with Gasteiger partial charge in [-0.05, 0) is 45.1 Å². The zero-order valence-electron chi connectivity index (χ0n) is 15.7. The van der Waals surface area contributed by atoms with Crippen LogP contribution in [-0.2, 0) is 4.74 Å². The Hall–Kier alpha value is -1.73. The van der Waals surface area contributed by atoms with Crippen LogP contribution in [0.2, 0.25) is 0 Å². The number of ether oxygens (including phenoxy) is 1. The van der Waals surface area contributed by atoms with Gasteiger partial charge in [0, 0.05) is 32.7 Å². The van der Waals surface area contributed by atoms with E-state index in [1.54, 1.807) is 0 Å². The fraction of sp³-hybridized carbons (Fsp3) is 0.632. The van der Waals surface area contributed by atoms with E-state index in [1.165, 1.54) is 30.7 Å². The van der Waals surface area contributed by atoms with Crippen molar-refractivity contribution in [1.82, 2.24) is 14.9 Å². The second kappa shape index (κ2) is 7.12. The number of aryl methyl sites for hydroxylation is 2. The van der Waals surface area contributed by atoms with Crippen LogP contribution in [0.1, 0.15) is 40.8 Å². The van der Waals surface area contributed by atoms with Crippen LogP contribution in [0.3, 0.4) is 0 Å². The van der Waals surface area contributed by atoms with Crippen LogP contribution in [0.15, 0.2) is 0 Å². The van der Waals surface area contributed by atoms with Crippen LogP contribution >= 0.6 is 11.3 Å². The number of hydrogen-bond acceptors (Lipinski definition) is 7. The molecule has 2 aliphatic rings. The fourth-order valence-corrected chi connectivity index (χ4v) is 4.76. The standard InChI is InChI=1S/C19H26N4O2S/c1-4-25-19(24)16-12(2)15-17(20-13(3)21-18(15)26-16)23-9-7-22(8-10-23)11-14-5-6-14/h14H,4-11H2,1-3H3. The maximum absolute atomic E-state index is 12.3. The highest BCUT2D eigenvalue weighted by Crippen LogP contribution is 2.36. The molecule has 1 saturated heterocycles. The summed E-state index contributed by atoms with van der Waals surface area (Å²) in [4.78, 5) is 28.1. The Morgan fingerprint density at radius 3 is 2.58 bits per heavy atom. The number of hydrogen-bond donors (Lipinski definition) is 0. The third-order valence-corrected chi connectivity index (χ3v) is 6.39. The van der Waals surface area contributed by atoms with Crippen molar-refractivity contribution in [2.75, 3.05) is 44.2 Å². The lowest BCUT2D eigenvalue weighted by atomic mass is 10.1. The molecule has 0 atom stereocenters. The number of nitrogens with zero attached hydrogens (tertiary/aromatic N) is 4. The van der Waals surface area contributed by atoms with E-state index >= 15 is 0 Å². The zero-order valence-corrected chi connectivity index (χ0v) is 16.6. The lowest BCUT2D eigenvalue weighted by Gasteiger charge is -2.35. The number of thiophene rings is 1. The average Bonchev–Trinajstić information content (AvgIpc) is 3.37. The first-order valence-corrected chi connectivity index (χ1v) is 10.3. The lowest BCUT2D eigenvalue weighted by Crippen LogP contribution is -2.47. The van der Waals surface area contributed by atoms with E-state index in [4.69, 9.17) is 9.72 Å². The summed E-state index contributed by atoms with van der Waals surface area (Å²) < 4.78 is 5.21. The van der Waals surface area contributed by atoms with Crippen LogP contribution in [0.4, 0.5) is 5.82 Å². The summed E-state index contributed by atoms with van der Waals surface area (Å²) in [5.41, 5.74) is 0.943. The van der Waals surface area contributed by atoms with Crippen molar-refractivity contribution in [3.05, 3.63) is 16.3 Å². The second-order valence-electron chi connectivity index (χ2n) is 7.28. The molecule has 0 radical (unpaired) electrons. The van der Waals surface area contributed by atoms with Crippen molar-refractivity contribution in [3.63, 3.8) is 0 Å². The summed E-state index contributed by atoms with van der Waals surface area (Å²) in [6.45, 7) is 11.5. The minimum Gasteiger partial charge on any atom is -0.462 e. The molecule has 26 heavy (non-hydrogen) atoms. The molecule has 6 nitrogen and oxygen atoms in total. The van der Waals surface area contributed by atoms with Gasteiger partial charge in [0.05, 0.1) is 12.0 Å². The first-order chi connectivity index (χ1) is 12.6. The Morgan fingerprint density at radius 2 is 1.92 bits per heavy atom. The highest BCUT2D eigenvalue weighted by molar-refractivity contribution is 7.20. The van der Waals surface area contributed by atoms with E-state index in [0.717, 1.165) is 59.5 Å². The van der Waals surface area contributed by atoms with E-state index in [2.05, 4.69) is 14.8 Å². The van der Waals surface area contributed by atoms with Crippen molar-refractivity contribution in [3.8, 4) is 0 Å². The number of esters is 1. The van der Waals surface area contributed by atoms with Gasteiger partial charge in [-0.2, -0.15) is 0 Å². The minimum atomic E-state index is -0.258. The third-order valence-electron chi connectivity index (χ3n) is 5.23. The number of anilines is 1. The summed E-state index contributed by atoms with van der Waals surface area (Å²) >= 11 is 1.42. The van der Waals surface area contributed by atoms with Gasteiger partial charge in [-0.1, -0.05) is 0 Å². The van der Waals surface area contributed by atoms with Gasteiger partial charge in [-0.25, -0.2) is 14.8 Å². The van der Waals surface area contributed by atoms with Crippen LogP contribution < -0.4 is 4.90 Å². The molecule has 1 aliphatic heterocycles. The van der Waals surface area contributed by atoms with Crippen LogP contribution in [0.5, 0.6) is 0 Å². The molecule has 2 aromatic rings. The quantitative estimate of drug-likeness (QED) is 0.750. The molecule has 3 heterocycles. The predicted octanol–water partition coefficient (Wildman–Crippen LogP) is 3.02. The molecule has 4 rings (SSSR count). The average molecular weight is 375 g/mol. The molecule has 140 valence electrons. The molecule has 0 N–H and O–H groups in total. The fourth-order valence-electron chi connectivity index (χ4n) is 3.65. The van der Waals surface area contributed by atoms with Gasteiger partial charge in [0.25, 0.3) is 0 Å². The molecular weight excluding hydrogens is 348 g/mol. The first kappa shape index (κ1) is 17.7. The van der Waals surface area contributed by atoms with Gasteiger partial charge in [-0.15, -0.1) is 11.3 Å². The molecule has 0 spiro atoms. The Morgan fingerprint density at radius 1 is 1.19 bits per heavy atom. The molecule has 1 saturated carbocycles. The van der Waals surface area contributed by atoms with E-state index in [1.807, 2.05) is 20.8 Å². The molecule has 1 aliphatic carbocycles. The number of carbonyl (C=O) groups excluding carboxylic acids is 1. The molecule has 7 heteroatoms. The summed E-state index contributed by atoms with van der Waals surface area (Å²) in [5, 5.41) is 1.01. The maximum atomic E-state index is 12.3. The molecule has 0 amide bonds. The Bertz CT molecular complexity index is 823. The van der Waals surface area contributed by atoms with E-state index < -0.39 is 0 Å². The Labute approximate surface area is 158 Å². The van der Waals surface area contributed by atoms with E-state index in [0.29, 0.717) is 11.5 Å². The predicted molar refractivity (Wildman–Crippen MR) is 104 cm³/mol. The zero-order chi connectivity index (χ0) is 18.3. The summed E-state index contributed by atoms with van der Waals surface area (Å²) in [6, 6.07) is 0. The summed E-state index contributed by atoms with van der Waals surface area (Å²) in [7, 11) is 0. The van der Waals surface area contributed by atoms with Crippen LogP contribution in [0.25, 0.3) is 10.2 Å². The Balaban J connectivity index is 1.63. The van der Waals surface area contributed by atoms with Gasteiger partial charge in [0.2, 0.25) is 0 Å². The molecule has 0 unspecified atom stereocenters. The number of piperazine rings is 1. The van der Waals surface area contributed by atoms with Gasteiger partial charge < -0.3 is 9.64 Å². The van der Waals surface area contributed by atoms with E-state index in [-0.39, 0.29) is 5.97 Å². The van der Waals surface area contributed by atoms with Crippen molar-refractivity contribution >= 4 is 33.3 Å². The summed E-state index contributed by atoms with van der Waals surface area (Å²) in [6.07, 6.45) is 2.80. The van der Waals surface area contributed by atoms with Crippen LogP contribution in [0, 0.1) is 19.8 Å². The van der Waals surface area contributed by atoms with Gasteiger partial charge in [0.1, 0.15) is 21.3 Å². The van der Waals surface area contributed by atoms with Crippen molar-refractivity contribution in [2.24, 2.45) is 5.92 Å². The number of fused-ring (bicyclic) bond motifs is 1. The number of aromatic nitrogens is 2. The SMILES string of the molecule is CCOC(=O)c1sc2nc(C)nc(N3CCN(CC4CC4)CC3)c2c1C. The minimum absolute atomic E-state index is 0.258. The molecular formula is C19H26N4O2S. The molecule has 2 fully saturated rings. The second-order valence-corrected chi connectivity index (χ2v) is 8.28. The van der Waals surface area contributed by atoms with Crippen molar-refractivity contribution < 1.29 is 9.53 Å². The summed E-state index contributed by atoms with van der Waals surface area (Å²) in [5.74, 6) is 2.40. The Kier molecular flexibility index (Phi) is 4.84. The molecule has 0 bridgehead atoms. The number of rotatable bonds is 5. The van der Waals surface area contributed by atoms with Crippen molar-refractivity contribution in [1.29, 1.82) is 0 Å². The molecule has 2 aromatic heterocycles. The van der Waals surface area contributed by atoms with Gasteiger partial charge >= 0.3 is 5.97 Å². The normalized spacial score (nSPS) is 18.5. The number of carbonyl (C=O) groups is 1. The van der Waals surface area contributed by atoms with Crippen LogP contribution in [-0.4, -0.2) is 60.2 Å². The smallest absolute Gasteiger partial charge is 0.348 e. The topological polar surface area (TPSA) is 58.6 Å². The first-order valence-electron chi connectivity index (χ1n) is 9.49. The van der Waals surface area contributed by atoms with Gasteiger partial charge in [0.15, 0.2) is 0 Å². The molecule has 0 aromatic carbocycles. The monoisotopic (exact) mass is 374 g/mol. The maximum Gasteiger partial charge on any atom is 0.348 e. The van der Waals surface area contributed by atoms with Crippen molar-refractivity contribution in [2.45, 2.75) is 33.6 Å².